The molecule has 1 amide bonds. The number of hydrogen-bond acceptors (Lipinski definition) is 6. The number of thiophene rings is 1. The lowest BCUT2D eigenvalue weighted by Gasteiger charge is -2.10. The van der Waals surface area contributed by atoms with Gasteiger partial charge in [-0.3, -0.25) is 4.79 Å². The molecular weight excluding hydrogens is 380 g/mol. The molecule has 0 saturated heterocycles. The highest BCUT2D eigenvalue weighted by Crippen LogP contribution is 2.29. The summed E-state index contributed by atoms with van der Waals surface area (Å²) in [7, 11) is 3.20. The van der Waals surface area contributed by atoms with E-state index in [-0.39, 0.29) is 12.3 Å². The molecule has 2 aromatic heterocycles. The fourth-order valence-corrected chi connectivity index (χ4v) is 4.36. The number of amides is 1. The summed E-state index contributed by atoms with van der Waals surface area (Å²) in [5.41, 5.74) is 1.84. The summed E-state index contributed by atoms with van der Waals surface area (Å²) < 4.78 is 10.6. The molecule has 142 valence electrons. The van der Waals surface area contributed by atoms with Crippen LogP contribution in [0.2, 0.25) is 0 Å². The summed E-state index contributed by atoms with van der Waals surface area (Å²) in [6, 6.07) is 9.66. The normalized spacial score (nSPS) is 10.6. The molecule has 27 heavy (non-hydrogen) atoms. The van der Waals surface area contributed by atoms with Crippen molar-refractivity contribution < 1.29 is 14.3 Å². The molecule has 7 heteroatoms. The highest BCUT2D eigenvalue weighted by atomic mass is 32.1. The average Bonchev–Trinajstić information content (AvgIpc) is 3.30. The smallest absolute Gasteiger partial charge is 0.224 e. The van der Waals surface area contributed by atoms with Gasteiger partial charge in [0.25, 0.3) is 0 Å². The number of aryl methyl sites for hydroxylation is 1. The van der Waals surface area contributed by atoms with Gasteiger partial charge in [-0.25, -0.2) is 4.98 Å². The lowest BCUT2D eigenvalue weighted by molar-refractivity contribution is -0.120. The number of rotatable bonds is 8. The molecule has 0 atom stereocenters. The highest BCUT2D eigenvalue weighted by Gasteiger charge is 2.11. The van der Waals surface area contributed by atoms with E-state index in [1.54, 1.807) is 36.9 Å². The topological polar surface area (TPSA) is 60.5 Å². The van der Waals surface area contributed by atoms with Crippen LogP contribution in [0.15, 0.2) is 35.7 Å². The van der Waals surface area contributed by atoms with Gasteiger partial charge in [-0.1, -0.05) is 0 Å². The zero-order valence-electron chi connectivity index (χ0n) is 15.6. The van der Waals surface area contributed by atoms with E-state index < -0.39 is 0 Å². The minimum atomic E-state index is -0.0338. The second-order valence-corrected chi connectivity index (χ2v) is 8.20. The Balaban J connectivity index is 1.52. The predicted molar refractivity (Wildman–Crippen MR) is 110 cm³/mol. The Bertz CT molecular complexity index is 918. The van der Waals surface area contributed by atoms with Gasteiger partial charge in [0.2, 0.25) is 5.91 Å². The van der Waals surface area contributed by atoms with Crippen LogP contribution >= 0.6 is 22.7 Å². The number of thiazole rings is 1. The van der Waals surface area contributed by atoms with E-state index in [1.807, 2.05) is 25.1 Å². The SMILES string of the molecule is COc1ccc(OC)c(CC(=O)NCCc2ccc(-c3csc(C)n3)s2)c1. The van der Waals surface area contributed by atoms with Crippen LogP contribution < -0.4 is 14.8 Å². The summed E-state index contributed by atoms with van der Waals surface area (Å²) in [4.78, 5) is 19.2. The second-order valence-electron chi connectivity index (χ2n) is 5.97. The van der Waals surface area contributed by atoms with Crippen LogP contribution in [-0.2, 0) is 17.6 Å². The molecule has 0 spiro atoms. The number of methoxy groups -OCH3 is 2. The Morgan fingerprint density at radius 3 is 2.74 bits per heavy atom. The lowest BCUT2D eigenvalue weighted by Crippen LogP contribution is -2.27. The Labute approximate surface area is 167 Å². The third kappa shape index (κ3) is 5.08. The number of carbonyl (C=O) groups is 1. The van der Waals surface area contributed by atoms with Crippen LogP contribution in [0.1, 0.15) is 15.4 Å². The van der Waals surface area contributed by atoms with E-state index in [9.17, 15) is 4.79 Å². The molecule has 0 fully saturated rings. The van der Waals surface area contributed by atoms with Gasteiger partial charge in [0.1, 0.15) is 11.5 Å². The maximum atomic E-state index is 12.3. The van der Waals surface area contributed by atoms with Crippen molar-refractivity contribution in [3.63, 3.8) is 0 Å². The maximum Gasteiger partial charge on any atom is 0.224 e. The third-order valence-electron chi connectivity index (χ3n) is 4.07. The minimum absolute atomic E-state index is 0.0338. The minimum Gasteiger partial charge on any atom is -0.497 e. The van der Waals surface area contributed by atoms with Crippen LogP contribution in [0.3, 0.4) is 0 Å². The van der Waals surface area contributed by atoms with E-state index in [0.29, 0.717) is 18.0 Å². The summed E-state index contributed by atoms with van der Waals surface area (Å²) in [6.45, 7) is 2.61. The first-order valence-electron chi connectivity index (χ1n) is 8.58. The monoisotopic (exact) mass is 402 g/mol. The van der Waals surface area contributed by atoms with Crippen molar-refractivity contribution >= 4 is 28.6 Å². The Kier molecular flexibility index (Phi) is 6.47. The molecule has 2 heterocycles. The average molecular weight is 403 g/mol. The fourth-order valence-electron chi connectivity index (χ4n) is 2.71. The van der Waals surface area contributed by atoms with Crippen LogP contribution in [0, 0.1) is 6.92 Å². The fraction of sp³-hybridized carbons (Fsp3) is 0.300. The van der Waals surface area contributed by atoms with E-state index in [0.717, 1.165) is 22.7 Å². The first kappa shape index (κ1) is 19.4. The Hall–Kier alpha value is -2.38. The van der Waals surface area contributed by atoms with Crippen LogP contribution in [0.25, 0.3) is 10.6 Å². The van der Waals surface area contributed by atoms with Crippen molar-refractivity contribution in [1.82, 2.24) is 10.3 Å². The highest BCUT2D eigenvalue weighted by molar-refractivity contribution is 7.16. The molecule has 3 aromatic rings. The first-order chi connectivity index (χ1) is 13.1. The molecule has 0 unspecified atom stereocenters. The molecule has 1 N–H and O–H groups in total. The van der Waals surface area contributed by atoms with Gasteiger partial charge in [-0.2, -0.15) is 0 Å². The number of benzene rings is 1. The van der Waals surface area contributed by atoms with Crippen molar-refractivity contribution in [3.05, 3.63) is 51.2 Å². The van der Waals surface area contributed by atoms with Crippen molar-refractivity contribution in [3.8, 4) is 22.1 Å². The summed E-state index contributed by atoms with van der Waals surface area (Å²) >= 11 is 3.38. The van der Waals surface area contributed by atoms with Crippen LogP contribution in [0.4, 0.5) is 0 Å². The van der Waals surface area contributed by atoms with Crippen molar-refractivity contribution in [1.29, 1.82) is 0 Å². The molecular formula is C20H22N2O3S2. The van der Waals surface area contributed by atoms with E-state index in [1.165, 1.54) is 9.75 Å². The Morgan fingerprint density at radius 1 is 1.19 bits per heavy atom. The van der Waals surface area contributed by atoms with E-state index in [2.05, 4.69) is 27.8 Å². The van der Waals surface area contributed by atoms with E-state index in [4.69, 9.17) is 9.47 Å². The molecule has 0 radical (unpaired) electrons. The lowest BCUT2D eigenvalue weighted by atomic mass is 10.1. The number of nitrogens with zero attached hydrogens (tertiary/aromatic N) is 1. The molecule has 0 saturated carbocycles. The summed E-state index contributed by atoms with van der Waals surface area (Å²) in [5.74, 6) is 1.36. The van der Waals surface area contributed by atoms with Gasteiger partial charge in [0, 0.05) is 22.4 Å². The number of nitrogens with one attached hydrogen (secondary N) is 1. The molecule has 3 rings (SSSR count). The van der Waals surface area contributed by atoms with Gasteiger partial charge in [0.15, 0.2) is 0 Å². The number of hydrogen-bond donors (Lipinski definition) is 1. The molecule has 1 aromatic carbocycles. The largest absolute Gasteiger partial charge is 0.497 e. The van der Waals surface area contributed by atoms with Gasteiger partial charge >= 0.3 is 0 Å². The zero-order valence-corrected chi connectivity index (χ0v) is 17.2. The van der Waals surface area contributed by atoms with Crippen molar-refractivity contribution in [2.45, 2.75) is 19.8 Å². The summed E-state index contributed by atoms with van der Waals surface area (Å²) in [6.07, 6.45) is 1.06. The second kappa shape index (κ2) is 9.01. The van der Waals surface area contributed by atoms with Gasteiger partial charge in [0.05, 0.1) is 36.2 Å². The Morgan fingerprint density at radius 2 is 2.04 bits per heavy atom. The molecule has 0 aliphatic rings. The zero-order chi connectivity index (χ0) is 19.2. The molecule has 0 aliphatic carbocycles. The van der Waals surface area contributed by atoms with Gasteiger partial charge in [-0.05, 0) is 43.7 Å². The van der Waals surface area contributed by atoms with Gasteiger partial charge < -0.3 is 14.8 Å². The first-order valence-corrected chi connectivity index (χ1v) is 10.3. The van der Waals surface area contributed by atoms with E-state index >= 15 is 0 Å². The van der Waals surface area contributed by atoms with Crippen molar-refractivity contribution in [2.75, 3.05) is 20.8 Å². The molecule has 0 aliphatic heterocycles. The molecule has 5 nitrogen and oxygen atoms in total. The quantitative estimate of drug-likeness (QED) is 0.616. The predicted octanol–water partition coefficient (Wildman–Crippen LogP) is 4.10. The number of ether oxygens (including phenoxy) is 2. The number of carbonyl (C=O) groups excluding carboxylic acids is 1. The van der Waals surface area contributed by atoms with Crippen LogP contribution in [0.5, 0.6) is 11.5 Å². The maximum absolute atomic E-state index is 12.3. The standard InChI is InChI=1S/C20H22N2O3S2/c1-13-22-17(12-26-13)19-7-5-16(27-19)8-9-21-20(23)11-14-10-15(24-2)4-6-18(14)25-3/h4-7,10,12H,8-9,11H2,1-3H3,(H,21,23). The van der Waals surface area contributed by atoms with Crippen molar-refractivity contribution in [2.24, 2.45) is 0 Å². The number of aromatic nitrogens is 1. The summed E-state index contributed by atoms with van der Waals surface area (Å²) in [5, 5.41) is 6.13. The van der Waals surface area contributed by atoms with Crippen LogP contribution in [-0.4, -0.2) is 31.7 Å². The van der Waals surface area contributed by atoms with Gasteiger partial charge in [-0.15, -0.1) is 22.7 Å². The third-order valence-corrected chi connectivity index (χ3v) is 6.01. The molecule has 0 bridgehead atoms.